The number of fused-ring (bicyclic) bond motifs is 1. The van der Waals surface area contributed by atoms with E-state index in [2.05, 4.69) is 10.7 Å². The van der Waals surface area contributed by atoms with Crippen molar-refractivity contribution in [2.45, 2.75) is 25.3 Å². The molecule has 1 unspecified atom stereocenters. The summed E-state index contributed by atoms with van der Waals surface area (Å²) in [5.41, 5.74) is 2.83. The Labute approximate surface area is 168 Å². The van der Waals surface area contributed by atoms with E-state index < -0.39 is 23.4 Å². The molecule has 3 aromatic rings. The molecule has 0 bridgehead atoms. The first-order valence-corrected chi connectivity index (χ1v) is 9.47. The summed E-state index contributed by atoms with van der Waals surface area (Å²) in [6, 6.07) is 22.0. The standard InChI is InChI=1S/C23H21N3O3/c1-23(14-13-16-7-3-2-4-8-16)21(28)26(22(29)24-23)25-20(27)19-12-11-17-9-5-6-10-18(17)15-19/h2-12,15H,13-14H2,1H3,(H,24,29)(H,25,27). The number of hydrogen-bond acceptors (Lipinski definition) is 3. The van der Waals surface area contributed by atoms with Crippen molar-refractivity contribution in [3.05, 3.63) is 83.9 Å². The van der Waals surface area contributed by atoms with Gasteiger partial charge in [0.1, 0.15) is 5.54 Å². The lowest BCUT2D eigenvalue weighted by Crippen LogP contribution is -2.48. The number of amides is 4. The van der Waals surface area contributed by atoms with Gasteiger partial charge >= 0.3 is 6.03 Å². The predicted molar refractivity (Wildman–Crippen MR) is 110 cm³/mol. The van der Waals surface area contributed by atoms with E-state index in [1.165, 1.54) is 0 Å². The Balaban J connectivity index is 1.47. The number of carbonyl (C=O) groups is 3. The van der Waals surface area contributed by atoms with Gasteiger partial charge in [-0.1, -0.05) is 60.7 Å². The number of hydrazine groups is 1. The van der Waals surface area contributed by atoms with Gasteiger partial charge in [0.05, 0.1) is 0 Å². The second kappa shape index (κ2) is 7.39. The minimum absolute atomic E-state index is 0.377. The maximum absolute atomic E-state index is 12.9. The third-order valence-corrected chi connectivity index (χ3v) is 5.24. The van der Waals surface area contributed by atoms with Gasteiger partial charge in [-0.3, -0.25) is 15.0 Å². The van der Waals surface area contributed by atoms with Gasteiger partial charge in [0, 0.05) is 5.56 Å². The van der Waals surface area contributed by atoms with E-state index in [1.807, 2.05) is 60.7 Å². The number of urea groups is 1. The van der Waals surface area contributed by atoms with E-state index in [4.69, 9.17) is 0 Å². The van der Waals surface area contributed by atoms with E-state index in [1.54, 1.807) is 19.1 Å². The molecule has 0 saturated carbocycles. The van der Waals surface area contributed by atoms with Gasteiger partial charge in [-0.15, -0.1) is 0 Å². The number of nitrogens with zero attached hydrogens (tertiary/aromatic N) is 1. The van der Waals surface area contributed by atoms with E-state index in [-0.39, 0.29) is 0 Å². The highest BCUT2D eigenvalue weighted by Crippen LogP contribution is 2.23. The molecule has 3 aromatic carbocycles. The van der Waals surface area contributed by atoms with Crippen LogP contribution in [0.3, 0.4) is 0 Å². The van der Waals surface area contributed by atoms with E-state index >= 15 is 0 Å². The second-order valence-electron chi connectivity index (χ2n) is 7.39. The van der Waals surface area contributed by atoms with Gasteiger partial charge < -0.3 is 5.32 Å². The molecule has 1 aliphatic rings. The van der Waals surface area contributed by atoms with Crippen molar-refractivity contribution in [1.29, 1.82) is 0 Å². The fourth-order valence-electron chi connectivity index (χ4n) is 3.49. The number of carbonyl (C=O) groups excluding carboxylic acids is 3. The molecule has 2 N–H and O–H groups in total. The Morgan fingerprint density at radius 1 is 0.966 bits per heavy atom. The van der Waals surface area contributed by atoms with Gasteiger partial charge in [-0.25, -0.2) is 4.79 Å². The fraction of sp³-hybridized carbons (Fsp3) is 0.174. The highest BCUT2D eigenvalue weighted by atomic mass is 16.2. The quantitative estimate of drug-likeness (QED) is 0.659. The number of nitrogens with one attached hydrogen (secondary N) is 2. The van der Waals surface area contributed by atoms with Crippen LogP contribution >= 0.6 is 0 Å². The van der Waals surface area contributed by atoms with Gasteiger partial charge in [-0.05, 0) is 48.2 Å². The van der Waals surface area contributed by atoms with Crippen LogP contribution in [-0.2, 0) is 11.2 Å². The van der Waals surface area contributed by atoms with Crippen LogP contribution < -0.4 is 10.7 Å². The largest absolute Gasteiger partial charge is 0.344 e. The van der Waals surface area contributed by atoms with Gasteiger partial charge in [0.15, 0.2) is 0 Å². The molecule has 0 aromatic heterocycles. The van der Waals surface area contributed by atoms with Crippen LogP contribution in [0.1, 0.15) is 29.3 Å². The Morgan fingerprint density at radius 3 is 2.41 bits per heavy atom. The van der Waals surface area contributed by atoms with Crippen LogP contribution in [-0.4, -0.2) is 28.4 Å². The van der Waals surface area contributed by atoms with Gasteiger partial charge in [0.25, 0.3) is 11.8 Å². The first-order valence-electron chi connectivity index (χ1n) is 9.47. The van der Waals surface area contributed by atoms with Crippen molar-refractivity contribution in [3.8, 4) is 0 Å². The lowest BCUT2D eigenvalue weighted by atomic mass is 9.93. The molecule has 4 amide bonds. The maximum Gasteiger partial charge on any atom is 0.344 e. The van der Waals surface area contributed by atoms with Gasteiger partial charge in [-0.2, -0.15) is 5.01 Å². The number of aryl methyl sites for hydroxylation is 1. The highest BCUT2D eigenvalue weighted by Gasteiger charge is 2.48. The SMILES string of the molecule is CC1(CCc2ccccc2)NC(=O)N(NC(=O)c2ccc3ccccc3c2)C1=O. The topological polar surface area (TPSA) is 78.5 Å². The molecule has 0 spiro atoms. The molecular formula is C23H21N3O3. The molecule has 146 valence electrons. The fourth-order valence-corrected chi connectivity index (χ4v) is 3.49. The van der Waals surface area contributed by atoms with E-state index in [9.17, 15) is 14.4 Å². The number of imide groups is 1. The third-order valence-electron chi connectivity index (χ3n) is 5.24. The zero-order valence-electron chi connectivity index (χ0n) is 16.0. The van der Waals surface area contributed by atoms with Gasteiger partial charge in [0.2, 0.25) is 0 Å². The summed E-state index contributed by atoms with van der Waals surface area (Å²) in [4.78, 5) is 37.9. The maximum atomic E-state index is 12.9. The van der Waals surface area contributed by atoms with Crippen LogP contribution in [0.15, 0.2) is 72.8 Å². The van der Waals surface area contributed by atoms with Crippen molar-refractivity contribution in [3.63, 3.8) is 0 Å². The van der Waals surface area contributed by atoms with Crippen LogP contribution in [0.25, 0.3) is 10.8 Å². The van der Waals surface area contributed by atoms with E-state index in [0.717, 1.165) is 21.3 Å². The van der Waals surface area contributed by atoms with Crippen molar-refractivity contribution >= 4 is 28.6 Å². The Kier molecular flexibility index (Phi) is 4.76. The zero-order valence-corrected chi connectivity index (χ0v) is 16.0. The Morgan fingerprint density at radius 2 is 1.66 bits per heavy atom. The van der Waals surface area contributed by atoms with Crippen LogP contribution in [0, 0.1) is 0 Å². The minimum Gasteiger partial charge on any atom is -0.322 e. The molecule has 0 aliphatic carbocycles. The monoisotopic (exact) mass is 387 g/mol. The molecule has 1 saturated heterocycles. The second-order valence-corrected chi connectivity index (χ2v) is 7.39. The molecule has 1 fully saturated rings. The Bertz CT molecular complexity index is 1100. The summed E-state index contributed by atoms with van der Waals surface area (Å²) in [5, 5.41) is 5.40. The minimum atomic E-state index is -1.07. The molecule has 6 nitrogen and oxygen atoms in total. The van der Waals surface area contributed by atoms with Crippen molar-refractivity contribution < 1.29 is 14.4 Å². The molecule has 4 rings (SSSR count). The summed E-state index contributed by atoms with van der Waals surface area (Å²) >= 11 is 0. The summed E-state index contributed by atoms with van der Waals surface area (Å²) in [5.74, 6) is -0.973. The molecule has 1 atom stereocenters. The summed E-state index contributed by atoms with van der Waals surface area (Å²) in [6.07, 6.45) is 1.07. The molecule has 0 radical (unpaired) electrons. The van der Waals surface area contributed by atoms with Crippen LogP contribution in [0.4, 0.5) is 4.79 Å². The molecule has 1 heterocycles. The smallest absolute Gasteiger partial charge is 0.322 e. The lowest BCUT2D eigenvalue weighted by Gasteiger charge is -2.21. The first kappa shape index (κ1) is 18.7. The number of hydrogen-bond donors (Lipinski definition) is 2. The average molecular weight is 387 g/mol. The third kappa shape index (κ3) is 3.69. The molecular weight excluding hydrogens is 366 g/mol. The van der Waals surface area contributed by atoms with Crippen LogP contribution in [0.5, 0.6) is 0 Å². The number of rotatable bonds is 5. The normalized spacial score (nSPS) is 18.7. The highest BCUT2D eigenvalue weighted by molar-refractivity contribution is 6.09. The molecule has 6 heteroatoms. The number of benzene rings is 3. The molecule has 29 heavy (non-hydrogen) atoms. The van der Waals surface area contributed by atoms with Crippen molar-refractivity contribution in [2.24, 2.45) is 0 Å². The van der Waals surface area contributed by atoms with Crippen molar-refractivity contribution in [2.75, 3.05) is 0 Å². The summed E-state index contributed by atoms with van der Waals surface area (Å²) in [7, 11) is 0. The van der Waals surface area contributed by atoms with Crippen LogP contribution in [0.2, 0.25) is 0 Å². The summed E-state index contributed by atoms with van der Waals surface area (Å²) in [6.45, 7) is 1.68. The Hall–Kier alpha value is -3.67. The predicted octanol–water partition coefficient (Wildman–Crippen LogP) is 3.43. The van der Waals surface area contributed by atoms with Crippen molar-refractivity contribution in [1.82, 2.24) is 15.8 Å². The lowest BCUT2D eigenvalue weighted by molar-refractivity contribution is -0.132. The van der Waals surface area contributed by atoms with E-state index in [0.29, 0.717) is 18.4 Å². The average Bonchev–Trinajstić information content (AvgIpc) is 2.96. The summed E-state index contributed by atoms with van der Waals surface area (Å²) < 4.78 is 0. The molecule has 1 aliphatic heterocycles. The first-order chi connectivity index (χ1) is 14.0. The zero-order chi connectivity index (χ0) is 20.4.